The quantitative estimate of drug-likeness (QED) is 0.722. The zero-order chi connectivity index (χ0) is 19.1. The lowest BCUT2D eigenvalue weighted by atomic mass is 10.0. The van der Waals surface area contributed by atoms with Crippen molar-refractivity contribution >= 4 is 23.5 Å². The number of nitrogens with one attached hydrogen (secondary N) is 1. The van der Waals surface area contributed by atoms with Crippen LogP contribution in [0, 0.1) is 0 Å². The van der Waals surface area contributed by atoms with E-state index in [2.05, 4.69) is 10.2 Å². The molecule has 1 fully saturated rings. The third kappa shape index (κ3) is 5.69. The molecular formula is C19H28ClN3O3. The SMILES string of the molecule is CCN(CC(=O)O)C1CCN(C(C)C(=O)NCc2ccccc2Cl)CC1. The Balaban J connectivity index is 1.81. The van der Waals surface area contributed by atoms with Crippen LogP contribution in [-0.4, -0.2) is 65.0 Å². The zero-order valence-corrected chi connectivity index (χ0v) is 16.2. The monoisotopic (exact) mass is 381 g/mol. The molecule has 2 rings (SSSR count). The Kier molecular flexibility index (Phi) is 7.87. The fourth-order valence-corrected chi connectivity index (χ4v) is 3.65. The molecule has 0 aliphatic carbocycles. The number of amides is 1. The molecule has 1 aromatic carbocycles. The molecule has 1 saturated heterocycles. The Labute approximate surface area is 160 Å². The predicted molar refractivity (Wildman–Crippen MR) is 102 cm³/mol. The van der Waals surface area contributed by atoms with Gasteiger partial charge in [-0.05, 0) is 37.9 Å². The molecule has 26 heavy (non-hydrogen) atoms. The molecule has 1 atom stereocenters. The van der Waals surface area contributed by atoms with E-state index in [0.717, 1.165) is 38.0 Å². The van der Waals surface area contributed by atoms with E-state index in [-0.39, 0.29) is 24.5 Å². The van der Waals surface area contributed by atoms with Gasteiger partial charge in [0.05, 0.1) is 12.6 Å². The third-order valence-electron chi connectivity index (χ3n) is 5.10. The van der Waals surface area contributed by atoms with Crippen LogP contribution in [0.4, 0.5) is 0 Å². The second-order valence-electron chi connectivity index (χ2n) is 6.71. The highest BCUT2D eigenvalue weighted by Gasteiger charge is 2.29. The Morgan fingerprint density at radius 3 is 2.58 bits per heavy atom. The van der Waals surface area contributed by atoms with Gasteiger partial charge < -0.3 is 10.4 Å². The van der Waals surface area contributed by atoms with Crippen LogP contribution in [0.25, 0.3) is 0 Å². The van der Waals surface area contributed by atoms with Gasteiger partial charge in [-0.3, -0.25) is 19.4 Å². The first kappa shape index (κ1) is 20.7. The number of hydrogen-bond donors (Lipinski definition) is 2. The second-order valence-corrected chi connectivity index (χ2v) is 7.12. The average molecular weight is 382 g/mol. The summed E-state index contributed by atoms with van der Waals surface area (Å²) in [6, 6.07) is 7.54. The first-order valence-corrected chi connectivity index (χ1v) is 9.51. The molecule has 6 nitrogen and oxygen atoms in total. The highest BCUT2D eigenvalue weighted by atomic mass is 35.5. The van der Waals surface area contributed by atoms with E-state index in [0.29, 0.717) is 11.6 Å². The van der Waals surface area contributed by atoms with Crippen LogP contribution >= 0.6 is 11.6 Å². The van der Waals surface area contributed by atoms with Crippen molar-refractivity contribution in [1.29, 1.82) is 0 Å². The van der Waals surface area contributed by atoms with E-state index in [1.54, 1.807) is 0 Å². The molecule has 7 heteroatoms. The third-order valence-corrected chi connectivity index (χ3v) is 5.47. The molecular weight excluding hydrogens is 354 g/mol. The van der Waals surface area contributed by atoms with Crippen molar-refractivity contribution in [3.63, 3.8) is 0 Å². The van der Waals surface area contributed by atoms with Crippen LogP contribution in [0.3, 0.4) is 0 Å². The molecule has 0 aromatic heterocycles. The summed E-state index contributed by atoms with van der Waals surface area (Å²) in [4.78, 5) is 27.6. The normalized spacial score (nSPS) is 17.2. The number of benzene rings is 1. The molecule has 0 saturated carbocycles. The van der Waals surface area contributed by atoms with Crippen LogP contribution in [-0.2, 0) is 16.1 Å². The van der Waals surface area contributed by atoms with Crippen LogP contribution in [0.2, 0.25) is 5.02 Å². The highest BCUT2D eigenvalue weighted by Crippen LogP contribution is 2.19. The summed E-state index contributed by atoms with van der Waals surface area (Å²) in [6.07, 6.45) is 1.76. The zero-order valence-electron chi connectivity index (χ0n) is 15.4. The van der Waals surface area contributed by atoms with E-state index in [4.69, 9.17) is 16.7 Å². The molecule has 1 heterocycles. The summed E-state index contributed by atoms with van der Waals surface area (Å²) in [5.41, 5.74) is 0.903. The smallest absolute Gasteiger partial charge is 0.317 e. The van der Waals surface area contributed by atoms with Crippen molar-refractivity contribution in [3.8, 4) is 0 Å². The Morgan fingerprint density at radius 2 is 2.00 bits per heavy atom. The summed E-state index contributed by atoms with van der Waals surface area (Å²) in [5, 5.41) is 12.6. The number of likely N-dealkylation sites (N-methyl/N-ethyl adjacent to an activating group) is 1. The van der Waals surface area contributed by atoms with Crippen LogP contribution in [0.1, 0.15) is 32.3 Å². The standard InChI is InChI=1S/C19H28ClN3O3/c1-3-22(13-18(24)25)16-8-10-23(11-9-16)14(2)19(26)21-12-15-6-4-5-7-17(15)20/h4-7,14,16H,3,8-13H2,1-2H3,(H,21,26)(H,24,25). The maximum atomic E-state index is 12.5. The van der Waals surface area contributed by atoms with E-state index < -0.39 is 5.97 Å². The summed E-state index contributed by atoms with van der Waals surface area (Å²) in [6.45, 7) is 6.71. The number of nitrogens with zero attached hydrogens (tertiary/aromatic N) is 2. The molecule has 1 aliphatic heterocycles. The van der Waals surface area contributed by atoms with Gasteiger partial charge in [0.1, 0.15) is 0 Å². The van der Waals surface area contributed by atoms with Gasteiger partial charge in [-0.15, -0.1) is 0 Å². The van der Waals surface area contributed by atoms with Crippen molar-refractivity contribution in [3.05, 3.63) is 34.9 Å². The first-order valence-electron chi connectivity index (χ1n) is 9.13. The number of carboxylic acids is 1. The fourth-order valence-electron chi connectivity index (χ4n) is 3.45. The minimum atomic E-state index is -0.790. The second kappa shape index (κ2) is 9.90. The van der Waals surface area contributed by atoms with Gasteiger partial charge in [0.2, 0.25) is 5.91 Å². The van der Waals surface area contributed by atoms with E-state index >= 15 is 0 Å². The maximum absolute atomic E-state index is 12.5. The van der Waals surface area contributed by atoms with E-state index in [1.807, 2.05) is 43.0 Å². The Hall–Kier alpha value is -1.63. The van der Waals surface area contributed by atoms with Gasteiger partial charge in [-0.25, -0.2) is 0 Å². The maximum Gasteiger partial charge on any atom is 0.317 e. The first-order chi connectivity index (χ1) is 12.4. The lowest BCUT2D eigenvalue weighted by Crippen LogP contribution is -2.52. The van der Waals surface area contributed by atoms with E-state index in [1.165, 1.54) is 0 Å². The number of carboxylic acid groups (broad SMARTS) is 1. The minimum Gasteiger partial charge on any atom is -0.480 e. The van der Waals surface area contributed by atoms with Gasteiger partial charge >= 0.3 is 5.97 Å². The lowest BCUT2D eigenvalue weighted by molar-refractivity contribution is -0.139. The van der Waals surface area contributed by atoms with Crippen molar-refractivity contribution in [2.24, 2.45) is 0 Å². The number of aliphatic carboxylic acids is 1. The minimum absolute atomic E-state index is 0.0127. The van der Waals surface area contributed by atoms with Crippen molar-refractivity contribution < 1.29 is 14.7 Å². The molecule has 1 aliphatic rings. The van der Waals surface area contributed by atoms with Gasteiger partial charge in [0.15, 0.2) is 0 Å². The van der Waals surface area contributed by atoms with Gasteiger partial charge in [0.25, 0.3) is 0 Å². The van der Waals surface area contributed by atoms with Crippen LogP contribution < -0.4 is 5.32 Å². The topological polar surface area (TPSA) is 72.9 Å². The largest absolute Gasteiger partial charge is 0.480 e. The van der Waals surface area contributed by atoms with E-state index in [9.17, 15) is 9.59 Å². The summed E-state index contributed by atoms with van der Waals surface area (Å²) >= 11 is 6.12. The molecule has 1 aromatic rings. The molecule has 0 spiro atoms. The molecule has 0 bridgehead atoms. The van der Waals surface area contributed by atoms with Crippen molar-refractivity contribution in [1.82, 2.24) is 15.1 Å². The Morgan fingerprint density at radius 1 is 1.35 bits per heavy atom. The number of carbonyl (C=O) groups is 2. The molecule has 2 N–H and O–H groups in total. The number of halogens is 1. The highest BCUT2D eigenvalue weighted by molar-refractivity contribution is 6.31. The summed E-state index contributed by atoms with van der Waals surface area (Å²) < 4.78 is 0. The van der Waals surface area contributed by atoms with Crippen molar-refractivity contribution in [2.75, 3.05) is 26.2 Å². The molecule has 144 valence electrons. The number of piperidine rings is 1. The molecule has 1 unspecified atom stereocenters. The lowest BCUT2D eigenvalue weighted by Gasteiger charge is -2.39. The van der Waals surface area contributed by atoms with Gasteiger partial charge in [-0.2, -0.15) is 0 Å². The fraction of sp³-hybridized carbons (Fsp3) is 0.579. The van der Waals surface area contributed by atoms with Gasteiger partial charge in [-0.1, -0.05) is 36.7 Å². The van der Waals surface area contributed by atoms with Gasteiger partial charge in [0, 0.05) is 30.7 Å². The molecule has 0 radical (unpaired) electrons. The van der Waals surface area contributed by atoms with Crippen molar-refractivity contribution in [2.45, 2.75) is 45.3 Å². The number of carbonyl (C=O) groups excluding carboxylic acids is 1. The van der Waals surface area contributed by atoms with Crippen LogP contribution in [0.15, 0.2) is 24.3 Å². The molecule has 1 amide bonds. The predicted octanol–water partition coefficient (Wildman–Crippen LogP) is 2.22. The van der Waals surface area contributed by atoms with Crippen LogP contribution in [0.5, 0.6) is 0 Å². The number of rotatable bonds is 8. The average Bonchev–Trinajstić information content (AvgIpc) is 2.64. The number of likely N-dealkylation sites (tertiary alicyclic amines) is 1. The Bertz CT molecular complexity index is 618. The summed E-state index contributed by atoms with van der Waals surface area (Å²) in [7, 11) is 0. The number of hydrogen-bond acceptors (Lipinski definition) is 4. The summed E-state index contributed by atoms with van der Waals surface area (Å²) in [5.74, 6) is -0.803.